The van der Waals surface area contributed by atoms with Gasteiger partial charge in [-0.2, -0.15) is 0 Å². The van der Waals surface area contributed by atoms with E-state index in [2.05, 4.69) is 31.3 Å². The number of hydrogen-bond acceptors (Lipinski definition) is 5. The number of nitrogens with one attached hydrogen (secondary N) is 1. The molecule has 0 heterocycles. The highest BCUT2D eigenvalue weighted by molar-refractivity contribution is 5.76. The molecule has 0 saturated heterocycles. The zero-order valence-electron chi connectivity index (χ0n) is 43.7. The van der Waals surface area contributed by atoms with Crippen molar-refractivity contribution in [3.8, 4) is 0 Å². The zero-order valence-corrected chi connectivity index (χ0v) is 43.7. The molecule has 0 bridgehead atoms. The highest BCUT2D eigenvalue weighted by Crippen LogP contribution is 2.17. The minimum Gasteiger partial charge on any atom is -0.466 e. The molecule has 0 aliphatic heterocycles. The fourth-order valence-electron chi connectivity index (χ4n) is 8.98. The summed E-state index contributed by atoms with van der Waals surface area (Å²) in [4.78, 5) is 24.5. The van der Waals surface area contributed by atoms with E-state index >= 15 is 0 Å². The molecule has 0 aliphatic rings. The summed E-state index contributed by atoms with van der Waals surface area (Å²) in [6.07, 6.45) is 66.2. The summed E-state index contributed by atoms with van der Waals surface area (Å²) in [5.74, 6) is -0.0808. The van der Waals surface area contributed by atoms with Gasteiger partial charge >= 0.3 is 5.97 Å². The van der Waals surface area contributed by atoms with Crippen LogP contribution >= 0.6 is 0 Å². The average molecular weight is 917 g/mol. The summed E-state index contributed by atoms with van der Waals surface area (Å²) < 4.78 is 5.49. The third-order valence-corrected chi connectivity index (χ3v) is 13.5. The number of rotatable bonds is 54. The van der Waals surface area contributed by atoms with Crippen molar-refractivity contribution in [1.29, 1.82) is 0 Å². The van der Waals surface area contributed by atoms with Gasteiger partial charge in [0.25, 0.3) is 0 Å². The molecule has 2 unspecified atom stereocenters. The maximum atomic E-state index is 12.4. The first-order valence-corrected chi connectivity index (χ1v) is 29.1. The Morgan fingerprint density at radius 1 is 0.415 bits per heavy atom. The van der Waals surface area contributed by atoms with Crippen LogP contribution in [0, 0.1) is 0 Å². The molecule has 0 aromatic heterocycles. The molecule has 0 saturated carbocycles. The van der Waals surface area contributed by atoms with Gasteiger partial charge < -0.3 is 20.3 Å². The molecule has 2 atom stereocenters. The van der Waals surface area contributed by atoms with Gasteiger partial charge in [0.2, 0.25) is 5.91 Å². The van der Waals surface area contributed by atoms with Crippen molar-refractivity contribution in [3.63, 3.8) is 0 Å². The highest BCUT2D eigenvalue weighted by Gasteiger charge is 2.18. The number of hydrogen-bond donors (Lipinski definition) is 3. The SMILES string of the molecule is CCCCCCCC/C=C\CCCCCCCCCCCC(=O)OCCCCCCCCCCCCCCCCC(=O)NC(CO)C(O)/C=C/CCCCCCCCCCCCCCC. The van der Waals surface area contributed by atoms with Crippen molar-refractivity contribution in [2.45, 2.75) is 328 Å². The Morgan fingerprint density at radius 3 is 1.09 bits per heavy atom. The van der Waals surface area contributed by atoms with Crippen molar-refractivity contribution in [3.05, 3.63) is 24.3 Å². The van der Waals surface area contributed by atoms with Crippen LogP contribution in [0.25, 0.3) is 0 Å². The number of esters is 1. The van der Waals surface area contributed by atoms with Gasteiger partial charge in [-0.25, -0.2) is 0 Å². The molecule has 65 heavy (non-hydrogen) atoms. The van der Waals surface area contributed by atoms with Crippen molar-refractivity contribution in [2.24, 2.45) is 0 Å². The minimum absolute atomic E-state index is 0.00361. The topological polar surface area (TPSA) is 95.9 Å². The van der Waals surface area contributed by atoms with Crippen LogP contribution in [0.2, 0.25) is 0 Å². The monoisotopic (exact) mass is 916 g/mol. The fraction of sp³-hybridized carbons (Fsp3) is 0.898. The van der Waals surface area contributed by atoms with E-state index in [1.54, 1.807) is 6.08 Å². The van der Waals surface area contributed by atoms with Crippen LogP contribution in [0.15, 0.2) is 24.3 Å². The summed E-state index contributed by atoms with van der Waals surface area (Å²) >= 11 is 0. The molecule has 0 fully saturated rings. The lowest BCUT2D eigenvalue weighted by molar-refractivity contribution is -0.143. The van der Waals surface area contributed by atoms with Gasteiger partial charge in [0.15, 0.2) is 0 Å². The van der Waals surface area contributed by atoms with Crippen LogP contribution in [0.3, 0.4) is 0 Å². The number of aliphatic hydroxyl groups is 2. The largest absolute Gasteiger partial charge is 0.466 e. The Hall–Kier alpha value is -1.66. The first kappa shape index (κ1) is 63.3. The predicted octanol–water partition coefficient (Wildman–Crippen LogP) is 17.9. The number of allylic oxidation sites excluding steroid dienone is 3. The molecule has 384 valence electrons. The van der Waals surface area contributed by atoms with Crippen LogP contribution in [-0.2, 0) is 14.3 Å². The van der Waals surface area contributed by atoms with Gasteiger partial charge in [-0.1, -0.05) is 269 Å². The average Bonchev–Trinajstić information content (AvgIpc) is 3.31. The van der Waals surface area contributed by atoms with E-state index in [1.807, 2.05) is 6.08 Å². The van der Waals surface area contributed by atoms with Gasteiger partial charge in [-0.15, -0.1) is 0 Å². The van der Waals surface area contributed by atoms with E-state index in [9.17, 15) is 19.8 Å². The van der Waals surface area contributed by atoms with Crippen molar-refractivity contribution in [1.82, 2.24) is 5.32 Å². The standard InChI is InChI=1S/C59H113NO5/c1-3-5-7-9-11-13-15-17-19-20-21-22-24-29-33-37-41-45-49-53-59(64)65-54-50-46-42-38-34-30-26-25-28-32-36-40-44-48-52-58(63)60-56(55-61)57(62)51-47-43-39-35-31-27-23-18-16-14-12-10-8-6-4-2/h17,19,47,51,56-57,61-62H,3-16,18,20-46,48-50,52-55H2,1-2H3,(H,60,63)/b19-17-,51-47+. The Bertz CT molecular complexity index is 1010. The Balaban J connectivity index is 3.44. The third-order valence-electron chi connectivity index (χ3n) is 13.5. The van der Waals surface area contributed by atoms with Gasteiger partial charge in [0.05, 0.1) is 25.4 Å². The normalized spacial score (nSPS) is 12.7. The van der Waals surface area contributed by atoms with Crippen LogP contribution in [0.1, 0.15) is 316 Å². The number of aliphatic hydroxyl groups excluding tert-OH is 2. The molecule has 6 heteroatoms. The smallest absolute Gasteiger partial charge is 0.305 e. The predicted molar refractivity (Wildman–Crippen MR) is 283 cm³/mol. The summed E-state index contributed by atoms with van der Waals surface area (Å²) in [7, 11) is 0. The van der Waals surface area contributed by atoms with Crippen LogP contribution < -0.4 is 5.32 Å². The first-order valence-electron chi connectivity index (χ1n) is 29.1. The Morgan fingerprint density at radius 2 is 0.723 bits per heavy atom. The number of amides is 1. The second-order valence-electron chi connectivity index (χ2n) is 20.0. The maximum absolute atomic E-state index is 12.4. The lowest BCUT2D eigenvalue weighted by Gasteiger charge is -2.20. The van der Waals surface area contributed by atoms with Gasteiger partial charge in [0.1, 0.15) is 0 Å². The second kappa shape index (κ2) is 54.9. The zero-order chi connectivity index (χ0) is 47.2. The van der Waals surface area contributed by atoms with Crippen LogP contribution in [-0.4, -0.2) is 47.4 Å². The lowest BCUT2D eigenvalue weighted by atomic mass is 10.0. The number of carbonyl (C=O) groups is 2. The Labute approximate surface area is 405 Å². The summed E-state index contributed by atoms with van der Waals surface area (Å²) in [5.41, 5.74) is 0. The Kier molecular flexibility index (Phi) is 53.5. The van der Waals surface area contributed by atoms with Gasteiger partial charge in [0, 0.05) is 12.8 Å². The third kappa shape index (κ3) is 51.6. The van der Waals surface area contributed by atoms with E-state index < -0.39 is 12.1 Å². The molecule has 6 nitrogen and oxygen atoms in total. The molecule has 0 aromatic rings. The number of carbonyl (C=O) groups excluding carboxylic acids is 2. The van der Waals surface area contributed by atoms with E-state index in [0.29, 0.717) is 19.4 Å². The molecule has 1 amide bonds. The van der Waals surface area contributed by atoms with E-state index in [1.165, 1.54) is 231 Å². The van der Waals surface area contributed by atoms with Crippen molar-refractivity contribution in [2.75, 3.05) is 13.2 Å². The lowest BCUT2D eigenvalue weighted by Crippen LogP contribution is -2.45. The minimum atomic E-state index is -0.851. The molecular weight excluding hydrogens is 803 g/mol. The fourth-order valence-corrected chi connectivity index (χ4v) is 8.98. The molecule has 0 radical (unpaired) electrons. The molecule has 0 aliphatic carbocycles. The molecule has 0 rings (SSSR count). The second-order valence-corrected chi connectivity index (χ2v) is 20.0. The summed E-state index contributed by atoms with van der Waals surface area (Å²) in [6, 6.07) is -0.635. The molecule has 0 aromatic carbocycles. The first-order chi connectivity index (χ1) is 32.0. The van der Waals surface area contributed by atoms with Crippen LogP contribution in [0.4, 0.5) is 0 Å². The highest BCUT2D eigenvalue weighted by atomic mass is 16.5. The van der Waals surface area contributed by atoms with Crippen molar-refractivity contribution >= 4 is 11.9 Å². The van der Waals surface area contributed by atoms with Gasteiger partial charge in [-0.3, -0.25) is 9.59 Å². The molecular formula is C59H113NO5. The van der Waals surface area contributed by atoms with E-state index in [4.69, 9.17) is 4.74 Å². The van der Waals surface area contributed by atoms with E-state index in [-0.39, 0.29) is 18.5 Å². The van der Waals surface area contributed by atoms with E-state index in [0.717, 1.165) is 57.8 Å². The van der Waals surface area contributed by atoms with Crippen molar-refractivity contribution < 1.29 is 24.5 Å². The molecule has 0 spiro atoms. The number of ether oxygens (including phenoxy) is 1. The summed E-state index contributed by atoms with van der Waals surface area (Å²) in [6.45, 7) is 4.89. The quantitative estimate of drug-likeness (QED) is 0.0321. The molecule has 3 N–H and O–H groups in total. The van der Waals surface area contributed by atoms with Crippen LogP contribution in [0.5, 0.6) is 0 Å². The maximum Gasteiger partial charge on any atom is 0.305 e. The number of unbranched alkanes of at least 4 members (excludes halogenated alkanes) is 41. The van der Waals surface area contributed by atoms with Gasteiger partial charge in [-0.05, 0) is 57.8 Å². The summed E-state index contributed by atoms with van der Waals surface area (Å²) in [5, 5.41) is 23.1.